The van der Waals surface area contributed by atoms with Crippen molar-refractivity contribution in [2.24, 2.45) is 0 Å². The summed E-state index contributed by atoms with van der Waals surface area (Å²) in [5.74, 6) is 0.185. The molecule has 0 heterocycles. The van der Waals surface area contributed by atoms with E-state index in [-0.39, 0.29) is 5.82 Å². The van der Waals surface area contributed by atoms with E-state index in [4.69, 9.17) is 16.3 Å². The largest absolute Gasteiger partial charge is 0.497 e. The summed E-state index contributed by atoms with van der Waals surface area (Å²) in [6, 6.07) is 10.4. The van der Waals surface area contributed by atoms with E-state index in [1.54, 1.807) is 18.2 Å². The Morgan fingerprint density at radius 1 is 1.19 bits per heavy atom. The zero-order valence-electron chi connectivity index (χ0n) is 12.2. The van der Waals surface area contributed by atoms with E-state index in [9.17, 15) is 4.39 Å². The summed E-state index contributed by atoms with van der Waals surface area (Å²) in [6.45, 7) is 3.79. The molecule has 0 aromatic heterocycles. The van der Waals surface area contributed by atoms with E-state index >= 15 is 0 Å². The molecule has 0 radical (unpaired) electrons. The van der Waals surface area contributed by atoms with E-state index < -0.39 is 0 Å². The number of rotatable bonds is 6. The fourth-order valence-corrected chi connectivity index (χ4v) is 2.36. The molecule has 2 aromatic carbocycles. The van der Waals surface area contributed by atoms with E-state index in [2.05, 4.69) is 12.2 Å². The predicted octanol–water partition coefficient (Wildman–Crippen LogP) is 4.65. The summed E-state index contributed by atoms with van der Waals surface area (Å²) >= 11 is 6.28. The minimum atomic E-state index is -0.317. The maximum Gasteiger partial charge on any atom is 0.134 e. The number of nitrogens with one attached hydrogen (secondary N) is 1. The number of hydrogen-bond acceptors (Lipinski definition) is 2. The molecular weight excluding hydrogens is 289 g/mol. The molecule has 0 amide bonds. The van der Waals surface area contributed by atoms with Crippen LogP contribution in [0, 0.1) is 5.82 Å². The SMILES string of the molecule is CCCNCc1ccc(-c2ccc(OC)cc2F)cc1Cl. The molecule has 2 nitrogen and oxygen atoms in total. The molecule has 2 aromatic rings. The molecule has 1 N–H and O–H groups in total. The van der Waals surface area contributed by atoms with Gasteiger partial charge < -0.3 is 10.1 Å². The van der Waals surface area contributed by atoms with Crippen molar-refractivity contribution < 1.29 is 9.13 Å². The molecule has 4 heteroatoms. The van der Waals surface area contributed by atoms with Crippen molar-refractivity contribution in [3.63, 3.8) is 0 Å². The van der Waals surface area contributed by atoms with Gasteiger partial charge in [-0.3, -0.25) is 0 Å². The molecule has 0 spiro atoms. The summed E-state index contributed by atoms with van der Waals surface area (Å²) in [5, 5.41) is 3.95. The van der Waals surface area contributed by atoms with Crippen LogP contribution >= 0.6 is 11.6 Å². The Bertz CT molecular complexity index is 616. The molecule has 0 aliphatic rings. The Hall–Kier alpha value is -1.58. The van der Waals surface area contributed by atoms with Crippen molar-refractivity contribution >= 4 is 11.6 Å². The number of ether oxygens (including phenoxy) is 1. The van der Waals surface area contributed by atoms with E-state index in [0.717, 1.165) is 30.6 Å². The molecule has 0 bridgehead atoms. The minimum Gasteiger partial charge on any atom is -0.497 e. The molecule has 21 heavy (non-hydrogen) atoms. The van der Waals surface area contributed by atoms with Crippen LogP contribution in [0.15, 0.2) is 36.4 Å². The van der Waals surface area contributed by atoms with Crippen molar-refractivity contribution in [2.75, 3.05) is 13.7 Å². The first-order valence-corrected chi connectivity index (χ1v) is 7.36. The summed E-state index contributed by atoms with van der Waals surface area (Å²) in [7, 11) is 1.52. The lowest BCUT2D eigenvalue weighted by atomic mass is 10.0. The molecule has 0 aliphatic heterocycles. The van der Waals surface area contributed by atoms with Crippen LogP contribution in [-0.2, 0) is 6.54 Å². The lowest BCUT2D eigenvalue weighted by Gasteiger charge is -2.10. The third-order valence-corrected chi connectivity index (χ3v) is 3.63. The second-order valence-corrected chi connectivity index (χ2v) is 5.24. The van der Waals surface area contributed by atoms with Crippen LogP contribution in [0.5, 0.6) is 5.75 Å². The van der Waals surface area contributed by atoms with Gasteiger partial charge in [0.05, 0.1) is 7.11 Å². The average Bonchev–Trinajstić information content (AvgIpc) is 2.49. The lowest BCUT2D eigenvalue weighted by molar-refractivity contribution is 0.411. The van der Waals surface area contributed by atoms with E-state index in [0.29, 0.717) is 16.3 Å². The van der Waals surface area contributed by atoms with Gasteiger partial charge in [-0.15, -0.1) is 0 Å². The smallest absolute Gasteiger partial charge is 0.134 e. The maximum absolute atomic E-state index is 14.1. The molecule has 0 unspecified atom stereocenters. The zero-order valence-corrected chi connectivity index (χ0v) is 13.0. The van der Waals surface area contributed by atoms with Crippen molar-refractivity contribution in [3.8, 4) is 16.9 Å². The number of methoxy groups -OCH3 is 1. The molecule has 0 saturated heterocycles. The van der Waals surface area contributed by atoms with Crippen LogP contribution in [0.1, 0.15) is 18.9 Å². The topological polar surface area (TPSA) is 21.3 Å². The van der Waals surface area contributed by atoms with Crippen molar-refractivity contribution in [1.29, 1.82) is 0 Å². The Morgan fingerprint density at radius 2 is 2.00 bits per heavy atom. The van der Waals surface area contributed by atoms with Crippen LogP contribution in [0.25, 0.3) is 11.1 Å². The lowest BCUT2D eigenvalue weighted by Crippen LogP contribution is -2.13. The maximum atomic E-state index is 14.1. The monoisotopic (exact) mass is 307 g/mol. The summed E-state index contributed by atoms with van der Waals surface area (Å²) < 4.78 is 19.1. The first-order valence-electron chi connectivity index (χ1n) is 6.98. The highest BCUT2D eigenvalue weighted by Crippen LogP contribution is 2.29. The Morgan fingerprint density at radius 3 is 2.62 bits per heavy atom. The van der Waals surface area contributed by atoms with Crippen LogP contribution in [-0.4, -0.2) is 13.7 Å². The van der Waals surface area contributed by atoms with Crippen LogP contribution in [0.3, 0.4) is 0 Å². The van der Waals surface area contributed by atoms with Gasteiger partial charge in [-0.2, -0.15) is 0 Å². The van der Waals surface area contributed by atoms with Crippen LogP contribution in [0.4, 0.5) is 4.39 Å². The van der Waals surface area contributed by atoms with Gasteiger partial charge in [0, 0.05) is 23.2 Å². The second kappa shape index (κ2) is 7.43. The van der Waals surface area contributed by atoms with Gasteiger partial charge in [-0.05, 0) is 42.3 Å². The van der Waals surface area contributed by atoms with Crippen molar-refractivity contribution in [2.45, 2.75) is 19.9 Å². The van der Waals surface area contributed by atoms with Gasteiger partial charge in [0.1, 0.15) is 11.6 Å². The minimum absolute atomic E-state index is 0.317. The highest BCUT2D eigenvalue weighted by atomic mass is 35.5. The first kappa shape index (κ1) is 15.8. The molecule has 2 rings (SSSR count). The standard InChI is InChI=1S/C17H19ClFNO/c1-3-8-20-11-13-5-4-12(9-16(13)18)15-7-6-14(21-2)10-17(15)19/h4-7,9-10,20H,3,8,11H2,1-2H3. The number of halogens is 2. The Kier molecular flexibility index (Phi) is 5.59. The molecule has 0 fully saturated rings. The molecule has 0 atom stereocenters. The molecule has 0 saturated carbocycles. The third kappa shape index (κ3) is 3.96. The van der Waals surface area contributed by atoms with Gasteiger partial charge >= 0.3 is 0 Å². The number of hydrogen-bond donors (Lipinski definition) is 1. The fourth-order valence-electron chi connectivity index (χ4n) is 2.11. The third-order valence-electron chi connectivity index (χ3n) is 3.28. The van der Waals surface area contributed by atoms with Crippen molar-refractivity contribution in [1.82, 2.24) is 5.32 Å². The Labute approximate surface area is 129 Å². The van der Waals surface area contributed by atoms with Gasteiger partial charge in [0.2, 0.25) is 0 Å². The first-order chi connectivity index (χ1) is 10.2. The fraction of sp³-hybridized carbons (Fsp3) is 0.294. The quantitative estimate of drug-likeness (QED) is 0.784. The highest BCUT2D eigenvalue weighted by molar-refractivity contribution is 6.31. The summed E-state index contributed by atoms with van der Waals surface area (Å²) in [5.41, 5.74) is 2.30. The highest BCUT2D eigenvalue weighted by Gasteiger charge is 2.09. The van der Waals surface area contributed by atoms with Crippen LogP contribution in [0.2, 0.25) is 5.02 Å². The molecule has 112 valence electrons. The van der Waals surface area contributed by atoms with E-state index in [1.807, 2.05) is 12.1 Å². The molecular formula is C17H19ClFNO. The van der Waals surface area contributed by atoms with Gasteiger partial charge in [-0.1, -0.05) is 30.7 Å². The zero-order chi connectivity index (χ0) is 15.2. The normalized spacial score (nSPS) is 10.7. The second-order valence-electron chi connectivity index (χ2n) is 4.83. The molecule has 0 aliphatic carbocycles. The Balaban J connectivity index is 2.23. The van der Waals surface area contributed by atoms with Crippen LogP contribution < -0.4 is 10.1 Å². The summed E-state index contributed by atoms with van der Waals surface area (Å²) in [6.07, 6.45) is 1.08. The van der Waals surface area contributed by atoms with E-state index in [1.165, 1.54) is 13.2 Å². The van der Waals surface area contributed by atoms with Crippen molar-refractivity contribution in [3.05, 3.63) is 52.8 Å². The van der Waals surface area contributed by atoms with Gasteiger partial charge in [0.25, 0.3) is 0 Å². The average molecular weight is 308 g/mol. The number of benzene rings is 2. The predicted molar refractivity (Wildman–Crippen MR) is 85.4 cm³/mol. The summed E-state index contributed by atoms with van der Waals surface area (Å²) in [4.78, 5) is 0. The van der Waals surface area contributed by atoms with Gasteiger partial charge in [0.15, 0.2) is 0 Å². The van der Waals surface area contributed by atoms with Gasteiger partial charge in [-0.25, -0.2) is 4.39 Å².